The second-order valence-corrected chi connectivity index (χ2v) is 5.16. The lowest BCUT2D eigenvalue weighted by atomic mass is 10.1. The van der Waals surface area contributed by atoms with E-state index in [0.717, 1.165) is 12.2 Å². The van der Waals surface area contributed by atoms with Gasteiger partial charge in [0.2, 0.25) is 0 Å². The lowest BCUT2D eigenvalue weighted by Crippen LogP contribution is -2.11. The van der Waals surface area contributed by atoms with Crippen molar-refractivity contribution in [3.8, 4) is 11.5 Å². The van der Waals surface area contributed by atoms with E-state index < -0.39 is 0 Å². The number of hydrogen-bond donors (Lipinski definition) is 0. The van der Waals surface area contributed by atoms with Gasteiger partial charge in [-0.25, -0.2) is 0 Å². The molecule has 0 fully saturated rings. The lowest BCUT2D eigenvalue weighted by Gasteiger charge is -2.16. The Bertz CT molecular complexity index is 422. The maximum atomic E-state index is 12.1. The zero-order valence-electron chi connectivity index (χ0n) is 12.5. The Labute approximate surface area is 115 Å². The van der Waals surface area contributed by atoms with Crippen LogP contribution in [0.3, 0.4) is 0 Å². The molecule has 1 rings (SSSR count). The topological polar surface area (TPSA) is 35.5 Å². The average molecular weight is 264 g/mol. The van der Waals surface area contributed by atoms with E-state index in [-0.39, 0.29) is 18.0 Å². The SMILES string of the molecule is CCCC(=O)c1ccc(OC(C)C)cc1OC(C)C. The Morgan fingerprint density at radius 2 is 1.74 bits per heavy atom. The average Bonchev–Trinajstić information content (AvgIpc) is 2.27. The molecule has 106 valence electrons. The molecule has 0 spiro atoms. The molecule has 0 aromatic heterocycles. The lowest BCUT2D eigenvalue weighted by molar-refractivity contribution is 0.0976. The Hall–Kier alpha value is -1.51. The minimum absolute atomic E-state index is 0.0301. The van der Waals surface area contributed by atoms with Gasteiger partial charge in [-0.1, -0.05) is 6.92 Å². The van der Waals surface area contributed by atoms with Crippen LogP contribution in [0.1, 0.15) is 57.8 Å². The first-order chi connectivity index (χ1) is 8.93. The second-order valence-electron chi connectivity index (χ2n) is 5.16. The minimum Gasteiger partial charge on any atom is -0.491 e. The van der Waals surface area contributed by atoms with Crippen LogP contribution in [0, 0.1) is 0 Å². The van der Waals surface area contributed by atoms with Crippen molar-refractivity contribution in [1.82, 2.24) is 0 Å². The summed E-state index contributed by atoms with van der Waals surface area (Å²) >= 11 is 0. The normalized spacial score (nSPS) is 10.9. The quantitative estimate of drug-likeness (QED) is 0.691. The van der Waals surface area contributed by atoms with Gasteiger partial charge in [-0.05, 0) is 46.2 Å². The van der Waals surface area contributed by atoms with Crippen molar-refractivity contribution in [3.63, 3.8) is 0 Å². The van der Waals surface area contributed by atoms with Gasteiger partial charge in [0.25, 0.3) is 0 Å². The number of rotatable bonds is 7. The third-order valence-corrected chi connectivity index (χ3v) is 2.47. The third-order valence-electron chi connectivity index (χ3n) is 2.47. The summed E-state index contributed by atoms with van der Waals surface area (Å²) in [6, 6.07) is 5.44. The fraction of sp³-hybridized carbons (Fsp3) is 0.562. The van der Waals surface area contributed by atoms with Crippen molar-refractivity contribution in [2.45, 2.75) is 59.7 Å². The van der Waals surface area contributed by atoms with Crippen LogP contribution >= 0.6 is 0 Å². The molecule has 0 amide bonds. The fourth-order valence-electron chi connectivity index (χ4n) is 1.79. The maximum absolute atomic E-state index is 12.1. The van der Waals surface area contributed by atoms with Crippen LogP contribution in [0.25, 0.3) is 0 Å². The first kappa shape index (κ1) is 15.5. The zero-order chi connectivity index (χ0) is 14.4. The van der Waals surface area contributed by atoms with Gasteiger partial charge in [0.05, 0.1) is 17.8 Å². The zero-order valence-corrected chi connectivity index (χ0v) is 12.5. The number of hydrogen-bond acceptors (Lipinski definition) is 3. The highest BCUT2D eigenvalue weighted by Gasteiger charge is 2.14. The van der Waals surface area contributed by atoms with E-state index in [1.165, 1.54) is 0 Å². The van der Waals surface area contributed by atoms with Gasteiger partial charge in [-0.15, -0.1) is 0 Å². The third kappa shape index (κ3) is 4.93. The number of Topliss-reactive ketones (excluding diaryl/α,β-unsaturated/α-hetero) is 1. The Kier molecular flexibility index (Phi) is 5.87. The summed E-state index contributed by atoms with van der Waals surface area (Å²) in [6.45, 7) is 9.84. The van der Waals surface area contributed by atoms with Gasteiger partial charge in [0.1, 0.15) is 11.5 Å². The van der Waals surface area contributed by atoms with Crippen molar-refractivity contribution in [2.75, 3.05) is 0 Å². The second kappa shape index (κ2) is 7.17. The summed E-state index contributed by atoms with van der Waals surface area (Å²) in [7, 11) is 0. The van der Waals surface area contributed by atoms with Gasteiger partial charge in [0, 0.05) is 12.5 Å². The molecular weight excluding hydrogens is 240 g/mol. The smallest absolute Gasteiger partial charge is 0.166 e. The van der Waals surface area contributed by atoms with Crippen molar-refractivity contribution >= 4 is 5.78 Å². The Balaban J connectivity index is 3.05. The summed E-state index contributed by atoms with van der Waals surface area (Å²) in [6.07, 6.45) is 1.51. The van der Waals surface area contributed by atoms with Gasteiger partial charge in [0.15, 0.2) is 5.78 Å². The summed E-state index contributed by atoms with van der Waals surface area (Å²) in [5.74, 6) is 1.47. The highest BCUT2D eigenvalue weighted by atomic mass is 16.5. The first-order valence-electron chi connectivity index (χ1n) is 6.94. The number of ketones is 1. The predicted octanol–water partition coefficient (Wildman–Crippen LogP) is 4.24. The molecule has 0 bridgehead atoms. The summed E-state index contributed by atoms with van der Waals surface area (Å²) < 4.78 is 11.4. The molecule has 0 aliphatic rings. The molecule has 0 saturated heterocycles. The van der Waals surface area contributed by atoms with E-state index >= 15 is 0 Å². The van der Waals surface area contributed by atoms with E-state index in [4.69, 9.17) is 9.47 Å². The van der Waals surface area contributed by atoms with Crippen LogP contribution < -0.4 is 9.47 Å². The molecule has 0 heterocycles. The van der Waals surface area contributed by atoms with Crippen LogP contribution in [-0.2, 0) is 0 Å². The van der Waals surface area contributed by atoms with Crippen molar-refractivity contribution < 1.29 is 14.3 Å². The molecule has 0 saturated carbocycles. The van der Waals surface area contributed by atoms with Crippen LogP contribution in [0.4, 0.5) is 0 Å². The molecule has 0 unspecified atom stereocenters. The molecule has 3 heteroatoms. The number of carbonyl (C=O) groups is 1. The summed E-state index contributed by atoms with van der Waals surface area (Å²) in [4.78, 5) is 12.1. The highest BCUT2D eigenvalue weighted by molar-refractivity contribution is 5.98. The summed E-state index contributed by atoms with van der Waals surface area (Å²) in [5, 5.41) is 0. The van der Waals surface area contributed by atoms with Crippen LogP contribution in [0.2, 0.25) is 0 Å². The van der Waals surface area contributed by atoms with E-state index in [9.17, 15) is 4.79 Å². The van der Waals surface area contributed by atoms with Crippen LogP contribution in [-0.4, -0.2) is 18.0 Å². The standard InChI is InChI=1S/C16H24O3/c1-6-7-15(17)14-9-8-13(18-11(2)3)10-16(14)19-12(4)5/h8-12H,6-7H2,1-5H3. The number of ether oxygens (including phenoxy) is 2. The molecule has 1 aromatic carbocycles. The van der Waals surface area contributed by atoms with Crippen molar-refractivity contribution in [3.05, 3.63) is 23.8 Å². The van der Waals surface area contributed by atoms with Crippen molar-refractivity contribution in [2.24, 2.45) is 0 Å². The minimum atomic E-state index is 0.0301. The largest absolute Gasteiger partial charge is 0.491 e. The predicted molar refractivity (Wildman–Crippen MR) is 77.2 cm³/mol. The van der Waals surface area contributed by atoms with E-state index in [2.05, 4.69) is 0 Å². The van der Waals surface area contributed by atoms with Gasteiger partial charge >= 0.3 is 0 Å². The molecule has 3 nitrogen and oxygen atoms in total. The maximum Gasteiger partial charge on any atom is 0.166 e. The molecule has 0 radical (unpaired) electrons. The van der Waals surface area contributed by atoms with Gasteiger partial charge < -0.3 is 9.47 Å². The summed E-state index contributed by atoms with van der Waals surface area (Å²) in [5.41, 5.74) is 0.645. The van der Waals surface area contributed by atoms with Gasteiger partial charge in [-0.3, -0.25) is 4.79 Å². The number of benzene rings is 1. The van der Waals surface area contributed by atoms with E-state index in [1.807, 2.05) is 46.8 Å². The molecule has 0 aliphatic carbocycles. The monoisotopic (exact) mass is 264 g/mol. The van der Waals surface area contributed by atoms with Gasteiger partial charge in [-0.2, -0.15) is 0 Å². The Morgan fingerprint density at radius 3 is 2.26 bits per heavy atom. The highest BCUT2D eigenvalue weighted by Crippen LogP contribution is 2.28. The van der Waals surface area contributed by atoms with E-state index in [0.29, 0.717) is 17.7 Å². The first-order valence-corrected chi connectivity index (χ1v) is 6.94. The molecule has 19 heavy (non-hydrogen) atoms. The molecule has 0 aliphatic heterocycles. The van der Waals surface area contributed by atoms with E-state index in [1.54, 1.807) is 6.07 Å². The Morgan fingerprint density at radius 1 is 1.11 bits per heavy atom. The molecule has 0 N–H and O–H groups in total. The molecule has 1 aromatic rings. The number of carbonyl (C=O) groups excluding carboxylic acids is 1. The molecule has 0 atom stereocenters. The van der Waals surface area contributed by atoms with Crippen LogP contribution in [0.5, 0.6) is 11.5 Å². The fourth-order valence-corrected chi connectivity index (χ4v) is 1.79. The van der Waals surface area contributed by atoms with Crippen molar-refractivity contribution in [1.29, 1.82) is 0 Å². The molecular formula is C16H24O3. The van der Waals surface area contributed by atoms with Crippen LogP contribution in [0.15, 0.2) is 18.2 Å².